The van der Waals surface area contributed by atoms with Crippen molar-refractivity contribution in [1.82, 2.24) is 20.4 Å². The van der Waals surface area contributed by atoms with Crippen LogP contribution in [0.4, 0.5) is 0 Å². The van der Waals surface area contributed by atoms with Gasteiger partial charge in [0.2, 0.25) is 5.91 Å². The van der Waals surface area contributed by atoms with Gasteiger partial charge in [0.1, 0.15) is 6.04 Å². The topological polar surface area (TPSA) is 76.0 Å². The molecule has 0 aliphatic carbocycles. The molecule has 25 heavy (non-hydrogen) atoms. The molecular weight excluding hydrogens is 316 g/mol. The molecule has 6 nitrogen and oxygen atoms in total. The third kappa shape index (κ3) is 2.84. The van der Waals surface area contributed by atoms with Gasteiger partial charge in [0.25, 0.3) is 5.91 Å². The van der Waals surface area contributed by atoms with Crippen molar-refractivity contribution in [3.63, 3.8) is 0 Å². The molecule has 2 N–H and O–H groups in total. The minimum Gasteiger partial charge on any atom is -0.317 e. The van der Waals surface area contributed by atoms with Crippen molar-refractivity contribution < 1.29 is 9.59 Å². The first kappa shape index (κ1) is 16.3. The first-order valence-electron chi connectivity index (χ1n) is 9.08. The van der Waals surface area contributed by atoms with Gasteiger partial charge < -0.3 is 5.32 Å². The van der Waals surface area contributed by atoms with Crippen molar-refractivity contribution in [2.24, 2.45) is 0 Å². The van der Waals surface area contributed by atoms with Gasteiger partial charge in [-0.25, -0.2) is 0 Å². The Hall–Kier alpha value is -2.21. The Morgan fingerprint density at radius 2 is 1.88 bits per heavy atom. The molecule has 2 aromatic rings. The van der Waals surface area contributed by atoms with Crippen molar-refractivity contribution in [2.45, 2.75) is 51.5 Å². The van der Waals surface area contributed by atoms with Gasteiger partial charge in [0.05, 0.1) is 11.2 Å². The first-order chi connectivity index (χ1) is 12.0. The van der Waals surface area contributed by atoms with Crippen LogP contribution >= 0.6 is 0 Å². The van der Waals surface area contributed by atoms with Crippen molar-refractivity contribution in [3.05, 3.63) is 29.0 Å². The highest BCUT2D eigenvalue weighted by molar-refractivity contribution is 6.00. The number of nitrogens with one attached hydrogen (secondary N) is 2. The number of nitrogens with zero attached hydrogens (tertiary/aromatic N) is 2. The second kappa shape index (κ2) is 6.26. The van der Waals surface area contributed by atoms with Crippen LogP contribution in [0.3, 0.4) is 0 Å². The summed E-state index contributed by atoms with van der Waals surface area (Å²) >= 11 is 0. The van der Waals surface area contributed by atoms with E-state index in [1.807, 2.05) is 11.6 Å². The fourth-order valence-electron chi connectivity index (χ4n) is 4.18. The predicted molar refractivity (Wildman–Crippen MR) is 95.5 cm³/mol. The number of carbonyl (C=O) groups is 2. The number of hydrogen-bond donors (Lipinski definition) is 2. The number of piperidine rings is 2. The van der Waals surface area contributed by atoms with Crippen LogP contribution in [0.15, 0.2) is 12.1 Å². The van der Waals surface area contributed by atoms with Gasteiger partial charge in [-0.2, -0.15) is 5.10 Å². The zero-order chi connectivity index (χ0) is 17.6. The number of amides is 2. The molecule has 0 spiro atoms. The predicted octanol–water partition coefficient (Wildman–Crippen LogP) is 2.10. The van der Waals surface area contributed by atoms with Gasteiger partial charge in [0.15, 0.2) is 0 Å². The van der Waals surface area contributed by atoms with Crippen molar-refractivity contribution >= 4 is 22.7 Å². The summed E-state index contributed by atoms with van der Waals surface area (Å²) in [6.07, 6.45) is 3.19. The van der Waals surface area contributed by atoms with Crippen LogP contribution in [0.25, 0.3) is 10.9 Å². The Labute approximate surface area is 147 Å². The molecule has 2 saturated heterocycles. The van der Waals surface area contributed by atoms with Crippen LogP contribution in [0.5, 0.6) is 0 Å². The van der Waals surface area contributed by atoms with Crippen molar-refractivity contribution in [3.8, 4) is 0 Å². The molecule has 2 amide bonds. The third-order valence-electron chi connectivity index (χ3n) is 5.56. The maximum atomic E-state index is 12.3. The maximum absolute atomic E-state index is 12.3. The van der Waals surface area contributed by atoms with Crippen LogP contribution in [-0.4, -0.2) is 34.7 Å². The molecule has 1 atom stereocenters. The SMILES string of the molecule is Cc1cc2c(cc1C1CCNCC1)c(C)nn2C1CCC(=O)NC1=O. The lowest BCUT2D eigenvalue weighted by atomic mass is 9.86. The number of rotatable bonds is 2. The molecule has 6 heteroatoms. The lowest BCUT2D eigenvalue weighted by molar-refractivity contribution is -0.135. The standard InChI is InChI=1S/C19H24N4O2/c1-11-9-17-15(10-14(11)13-5-7-20-8-6-13)12(2)22-23(17)16-3-4-18(24)21-19(16)25/h9-10,13,16,20H,3-8H2,1-2H3,(H,21,24,25). The molecule has 4 rings (SSSR count). The van der Waals surface area contributed by atoms with Gasteiger partial charge in [-0.3, -0.25) is 19.6 Å². The highest BCUT2D eigenvalue weighted by Gasteiger charge is 2.30. The lowest BCUT2D eigenvalue weighted by Gasteiger charge is -2.25. The third-order valence-corrected chi connectivity index (χ3v) is 5.56. The second-order valence-electron chi connectivity index (χ2n) is 7.25. The molecule has 1 unspecified atom stereocenters. The zero-order valence-electron chi connectivity index (χ0n) is 14.8. The minimum absolute atomic E-state index is 0.196. The highest BCUT2D eigenvalue weighted by atomic mass is 16.2. The molecule has 2 aliphatic rings. The lowest BCUT2D eigenvalue weighted by Crippen LogP contribution is -2.42. The summed E-state index contributed by atoms with van der Waals surface area (Å²) in [5.74, 6) is 0.142. The molecular formula is C19H24N4O2. The van der Waals surface area contributed by atoms with Gasteiger partial charge in [-0.1, -0.05) is 0 Å². The summed E-state index contributed by atoms with van der Waals surface area (Å²) in [5.41, 5.74) is 4.59. The van der Waals surface area contributed by atoms with Gasteiger partial charge in [0, 0.05) is 11.8 Å². The Morgan fingerprint density at radius 1 is 1.12 bits per heavy atom. The van der Waals surface area contributed by atoms with E-state index in [0.717, 1.165) is 42.5 Å². The second-order valence-corrected chi connectivity index (χ2v) is 7.25. The van der Waals surface area contributed by atoms with E-state index < -0.39 is 6.04 Å². The van der Waals surface area contributed by atoms with E-state index >= 15 is 0 Å². The van der Waals surface area contributed by atoms with Crippen LogP contribution < -0.4 is 10.6 Å². The van der Waals surface area contributed by atoms with Crippen molar-refractivity contribution in [1.29, 1.82) is 0 Å². The normalized spacial score (nSPS) is 22.4. The number of benzene rings is 1. The summed E-state index contributed by atoms with van der Waals surface area (Å²) in [4.78, 5) is 23.7. The van der Waals surface area contributed by atoms with E-state index in [1.165, 1.54) is 11.1 Å². The number of imide groups is 1. The van der Waals surface area contributed by atoms with Crippen LogP contribution in [0.2, 0.25) is 0 Å². The average molecular weight is 340 g/mol. The summed E-state index contributed by atoms with van der Waals surface area (Å²) < 4.78 is 1.81. The largest absolute Gasteiger partial charge is 0.317 e. The molecule has 0 radical (unpaired) electrons. The quantitative estimate of drug-likeness (QED) is 0.821. The van der Waals surface area contributed by atoms with Gasteiger partial charge >= 0.3 is 0 Å². The van der Waals surface area contributed by atoms with Crippen molar-refractivity contribution in [2.75, 3.05) is 13.1 Å². The maximum Gasteiger partial charge on any atom is 0.251 e. The number of fused-ring (bicyclic) bond motifs is 1. The smallest absolute Gasteiger partial charge is 0.251 e. The van der Waals surface area contributed by atoms with Gasteiger partial charge in [-0.05, 0) is 75.4 Å². The van der Waals surface area contributed by atoms with Gasteiger partial charge in [-0.15, -0.1) is 0 Å². The number of hydrogen-bond acceptors (Lipinski definition) is 4. The van der Waals surface area contributed by atoms with E-state index in [1.54, 1.807) is 0 Å². The summed E-state index contributed by atoms with van der Waals surface area (Å²) in [5, 5.41) is 11.6. The van der Waals surface area contributed by atoms with Crippen LogP contribution in [0.1, 0.15) is 54.5 Å². The van der Waals surface area contributed by atoms with E-state index in [4.69, 9.17) is 0 Å². The number of aromatic nitrogens is 2. The van der Waals surface area contributed by atoms with E-state index in [9.17, 15) is 9.59 Å². The van der Waals surface area contributed by atoms with Crippen LogP contribution in [0, 0.1) is 13.8 Å². The van der Waals surface area contributed by atoms with E-state index in [-0.39, 0.29) is 11.8 Å². The number of carbonyl (C=O) groups excluding carboxylic acids is 2. The molecule has 132 valence electrons. The molecule has 0 saturated carbocycles. The molecule has 0 bridgehead atoms. The summed E-state index contributed by atoms with van der Waals surface area (Å²) in [7, 11) is 0. The monoisotopic (exact) mass is 340 g/mol. The Bertz CT molecular complexity index is 849. The Kier molecular flexibility index (Phi) is 4.07. The van der Waals surface area contributed by atoms with E-state index in [0.29, 0.717) is 18.8 Å². The Balaban J connectivity index is 1.76. The zero-order valence-corrected chi connectivity index (χ0v) is 14.8. The van der Waals surface area contributed by atoms with E-state index in [2.05, 4.69) is 34.8 Å². The fourth-order valence-corrected chi connectivity index (χ4v) is 4.18. The highest BCUT2D eigenvalue weighted by Crippen LogP contribution is 2.34. The number of aryl methyl sites for hydroxylation is 2. The molecule has 1 aromatic heterocycles. The molecule has 2 fully saturated rings. The summed E-state index contributed by atoms with van der Waals surface area (Å²) in [6, 6.07) is 4.03. The molecule has 1 aromatic carbocycles. The molecule has 2 aliphatic heterocycles. The minimum atomic E-state index is -0.405. The molecule has 3 heterocycles. The Morgan fingerprint density at radius 3 is 2.60 bits per heavy atom. The average Bonchev–Trinajstić information content (AvgIpc) is 2.91. The van der Waals surface area contributed by atoms with Crippen LogP contribution in [-0.2, 0) is 9.59 Å². The summed E-state index contributed by atoms with van der Waals surface area (Å²) in [6.45, 7) is 6.27. The first-order valence-corrected chi connectivity index (χ1v) is 9.08. The fraction of sp³-hybridized carbons (Fsp3) is 0.526.